The maximum Gasteiger partial charge on any atom is 0.461 e. The molecule has 1 N–H and O–H groups in total. The van der Waals surface area contributed by atoms with E-state index in [1.54, 1.807) is 10.6 Å². The van der Waals surface area contributed by atoms with Crippen LogP contribution in [0.25, 0.3) is 0 Å². The first-order valence-electron chi connectivity index (χ1n) is 10.8. The number of benzene rings is 1. The smallest absolute Gasteiger partial charge is 0.461 e. The van der Waals surface area contributed by atoms with Gasteiger partial charge in [0.2, 0.25) is 0 Å². The summed E-state index contributed by atoms with van der Waals surface area (Å²) < 4.78 is 46.3. The predicted molar refractivity (Wildman–Crippen MR) is 134 cm³/mol. The van der Waals surface area contributed by atoms with Gasteiger partial charge in [0, 0.05) is 29.5 Å². The van der Waals surface area contributed by atoms with Gasteiger partial charge in [-0.15, -0.1) is 0 Å². The summed E-state index contributed by atoms with van der Waals surface area (Å²) in [6.45, 7) is 5.79. The molecule has 6 nitrogen and oxygen atoms in total. The van der Waals surface area contributed by atoms with Gasteiger partial charge < -0.3 is 14.0 Å². The number of pyridine rings is 1. The van der Waals surface area contributed by atoms with Crippen molar-refractivity contribution in [1.29, 1.82) is 0 Å². The predicted octanol–water partition coefficient (Wildman–Crippen LogP) is 4.72. The first kappa shape index (κ1) is 26.2. The Morgan fingerprint density at radius 1 is 1.31 bits per heavy atom. The minimum atomic E-state index is -4.44. The van der Waals surface area contributed by atoms with E-state index in [0.717, 1.165) is 23.0 Å². The van der Waals surface area contributed by atoms with E-state index >= 15 is 0 Å². The van der Waals surface area contributed by atoms with Crippen LogP contribution >= 0.6 is 11.9 Å². The fourth-order valence-corrected chi connectivity index (χ4v) is 3.29. The molecule has 0 aliphatic heterocycles. The Morgan fingerprint density at radius 2 is 2.06 bits per heavy atom. The number of aromatic nitrogens is 1. The lowest BCUT2D eigenvalue weighted by Gasteiger charge is -2.12. The van der Waals surface area contributed by atoms with Gasteiger partial charge in [-0.3, -0.25) is 14.8 Å². The fourth-order valence-electron chi connectivity index (χ4n) is 2.95. The Morgan fingerprint density at radius 3 is 2.69 bits per heavy atom. The summed E-state index contributed by atoms with van der Waals surface area (Å²) in [6, 6.07) is 11.0. The molecule has 0 atom stereocenters. The van der Waals surface area contributed by atoms with Crippen molar-refractivity contribution in [2.24, 2.45) is 15.9 Å². The summed E-state index contributed by atoms with van der Waals surface area (Å²) in [5, 5.41) is 0. The Hall–Kier alpha value is -3.45. The number of aliphatic imine (C=N–C) groups is 2. The third kappa shape index (κ3) is 9.37. The zero-order chi connectivity index (χ0) is 25.3. The van der Waals surface area contributed by atoms with Gasteiger partial charge in [0.05, 0.1) is 36.9 Å². The molecule has 0 radical (unpaired) electrons. The number of hydrogen-bond acceptors (Lipinski definition) is 6. The number of halogens is 3. The average molecular weight is 503 g/mol. The lowest BCUT2D eigenvalue weighted by Crippen LogP contribution is -2.22. The van der Waals surface area contributed by atoms with Gasteiger partial charge in [-0.25, -0.2) is 0 Å². The highest BCUT2D eigenvalue weighted by atomic mass is 32.2. The van der Waals surface area contributed by atoms with Crippen LogP contribution in [0.4, 0.5) is 13.2 Å². The lowest BCUT2D eigenvalue weighted by molar-refractivity contribution is -0.0333. The van der Waals surface area contributed by atoms with Crippen LogP contribution in [0.2, 0.25) is 0 Å². The monoisotopic (exact) mass is 502 g/mol. The van der Waals surface area contributed by atoms with Crippen LogP contribution in [0.1, 0.15) is 29.7 Å². The second-order valence-electron chi connectivity index (χ2n) is 7.80. The zero-order valence-corrected chi connectivity index (χ0v) is 20.0. The quantitative estimate of drug-likeness (QED) is 0.221. The summed E-state index contributed by atoms with van der Waals surface area (Å²) >= 11 is -0.418. The molecular formula is C25H25F3N4O2S. The van der Waals surface area contributed by atoms with Crippen molar-refractivity contribution in [3.63, 3.8) is 0 Å². The molecule has 0 bridgehead atoms. The van der Waals surface area contributed by atoms with Crippen molar-refractivity contribution in [3.8, 4) is 17.6 Å². The maximum absolute atomic E-state index is 12.6. The Labute approximate surface area is 206 Å². The standard InChI is InChI=1S/C25H25F3N4O2S/c1-18-13-23(34-12-11-30-16-22(15-29-2)31-35-25(26,27)28)14-24(33)32(18)17-21-9-7-20(8-10-21)6-5-19-3-4-19/h7-10,13-16,19,31H,2-4,11-12,17H2,1H3/b22-15+,30-16?. The van der Waals surface area contributed by atoms with Gasteiger partial charge in [-0.2, -0.15) is 13.2 Å². The molecule has 1 fully saturated rings. The molecule has 0 amide bonds. The minimum absolute atomic E-state index is 0.0451. The van der Waals surface area contributed by atoms with E-state index in [0.29, 0.717) is 18.2 Å². The second-order valence-corrected chi connectivity index (χ2v) is 8.67. The number of hydrogen-bond donors (Lipinski definition) is 1. The lowest BCUT2D eigenvalue weighted by atomic mass is 10.1. The summed E-state index contributed by atoms with van der Waals surface area (Å²) in [7, 11) is 0. The summed E-state index contributed by atoms with van der Waals surface area (Å²) in [5.74, 6) is 7.36. The number of aryl methyl sites for hydroxylation is 1. The summed E-state index contributed by atoms with van der Waals surface area (Å²) in [6.07, 6.45) is 4.71. The Bertz CT molecular complexity index is 1200. The first-order chi connectivity index (χ1) is 16.7. The normalized spacial score (nSPS) is 13.9. The van der Waals surface area contributed by atoms with E-state index in [2.05, 4.69) is 33.3 Å². The largest absolute Gasteiger partial charge is 0.491 e. The summed E-state index contributed by atoms with van der Waals surface area (Å²) in [5.41, 5.74) is -1.90. The van der Waals surface area contributed by atoms with Crippen LogP contribution in [0.3, 0.4) is 0 Å². The highest BCUT2D eigenvalue weighted by Gasteiger charge is 2.29. The van der Waals surface area contributed by atoms with Gasteiger partial charge in [0.15, 0.2) is 0 Å². The zero-order valence-electron chi connectivity index (χ0n) is 19.1. The van der Waals surface area contributed by atoms with Crippen LogP contribution in [-0.4, -0.2) is 36.2 Å². The average Bonchev–Trinajstić information content (AvgIpc) is 3.63. The van der Waals surface area contributed by atoms with Gasteiger partial charge in [-0.1, -0.05) is 24.0 Å². The van der Waals surface area contributed by atoms with E-state index in [9.17, 15) is 18.0 Å². The minimum Gasteiger partial charge on any atom is -0.491 e. The molecular weight excluding hydrogens is 477 g/mol. The molecule has 2 aromatic rings. The van der Waals surface area contributed by atoms with Crippen LogP contribution in [0.15, 0.2) is 63.1 Å². The highest BCUT2D eigenvalue weighted by molar-refractivity contribution is 7.98. The molecule has 0 saturated heterocycles. The van der Waals surface area contributed by atoms with E-state index in [-0.39, 0.29) is 24.4 Å². The number of alkyl halides is 3. The first-order valence-corrected chi connectivity index (χ1v) is 11.7. The Kier molecular flexibility index (Phi) is 9.20. The number of nitrogens with one attached hydrogen (secondary N) is 1. The van der Waals surface area contributed by atoms with Crippen LogP contribution in [-0.2, 0) is 6.54 Å². The molecule has 0 spiro atoms. The van der Waals surface area contributed by atoms with Gasteiger partial charge >= 0.3 is 5.51 Å². The van der Waals surface area contributed by atoms with E-state index in [4.69, 9.17) is 4.74 Å². The van der Waals surface area contributed by atoms with E-state index in [1.165, 1.54) is 25.1 Å². The molecule has 0 unspecified atom stereocenters. The SMILES string of the molecule is C=N/C=C(\C=NCCOc1cc(C)n(Cc2ccc(C#CC3CC3)cc2)c(=O)c1)NSC(F)(F)F. The van der Waals surface area contributed by atoms with Gasteiger partial charge in [0.25, 0.3) is 5.56 Å². The van der Waals surface area contributed by atoms with E-state index < -0.39 is 17.5 Å². The molecule has 10 heteroatoms. The molecule has 1 heterocycles. The van der Waals surface area contributed by atoms with Crippen molar-refractivity contribution >= 4 is 24.9 Å². The molecule has 1 aliphatic carbocycles. The van der Waals surface area contributed by atoms with Gasteiger partial charge in [0.1, 0.15) is 12.4 Å². The highest BCUT2D eigenvalue weighted by Crippen LogP contribution is 2.28. The molecule has 3 rings (SSSR count). The Balaban J connectivity index is 1.52. The van der Waals surface area contributed by atoms with Crippen LogP contribution in [0.5, 0.6) is 5.75 Å². The number of rotatable bonds is 10. The number of ether oxygens (including phenoxy) is 1. The molecule has 184 valence electrons. The molecule has 1 aromatic carbocycles. The third-order valence-electron chi connectivity index (χ3n) is 4.84. The maximum atomic E-state index is 12.6. The van der Waals surface area contributed by atoms with Crippen molar-refractivity contribution in [1.82, 2.24) is 9.29 Å². The number of allylic oxidation sites excluding steroid dienone is 1. The van der Waals surface area contributed by atoms with Crippen molar-refractivity contribution < 1.29 is 17.9 Å². The second kappa shape index (κ2) is 12.3. The van der Waals surface area contributed by atoms with Crippen molar-refractivity contribution in [3.05, 3.63) is 75.5 Å². The van der Waals surface area contributed by atoms with Crippen molar-refractivity contribution in [2.45, 2.75) is 31.8 Å². The van der Waals surface area contributed by atoms with Crippen molar-refractivity contribution in [2.75, 3.05) is 13.2 Å². The topological polar surface area (TPSA) is 68.0 Å². The van der Waals surface area contributed by atoms with Crippen LogP contribution in [0, 0.1) is 24.7 Å². The number of nitrogens with zero attached hydrogens (tertiary/aromatic N) is 3. The van der Waals surface area contributed by atoms with E-state index in [1.807, 2.05) is 31.2 Å². The fraction of sp³-hybridized carbons (Fsp3) is 0.320. The molecule has 1 saturated carbocycles. The van der Waals surface area contributed by atoms with Gasteiger partial charge in [-0.05, 0) is 50.2 Å². The van der Waals surface area contributed by atoms with Crippen LogP contribution < -0.4 is 15.0 Å². The third-order valence-corrected chi connectivity index (χ3v) is 5.40. The molecule has 1 aromatic heterocycles. The molecule has 1 aliphatic rings. The molecule has 35 heavy (non-hydrogen) atoms. The summed E-state index contributed by atoms with van der Waals surface area (Å²) in [4.78, 5) is 20.1.